The van der Waals surface area contributed by atoms with Gasteiger partial charge in [-0.05, 0) is 24.8 Å². The minimum absolute atomic E-state index is 0.0470. The number of likely N-dealkylation sites (N-methyl/N-ethyl adjacent to an activating group) is 1. The van der Waals surface area contributed by atoms with E-state index < -0.39 is 0 Å². The van der Waals surface area contributed by atoms with E-state index in [0.717, 1.165) is 6.42 Å². The van der Waals surface area contributed by atoms with Crippen molar-refractivity contribution in [2.45, 2.75) is 33.2 Å². The zero-order valence-corrected chi connectivity index (χ0v) is 15.2. The Balaban J connectivity index is 1.55. The molecule has 1 aliphatic rings. The zero-order valence-electron chi connectivity index (χ0n) is 15.2. The summed E-state index contributed by atoms with van der Waals surface area (Å²) in [7, 11) is 0. The van der Waals surface area contributed by atoms with E-state index in [9.17, 15) is 9.59 Å². The number of rotatable bonds is 7. The van der Waals surface area contributed by atoms with Gasteiger partial charge in [-0.15, -0.1) is 0 Å². The van der Waals surface area contributed by atoms with Crippen LogP contribution in [-0.2, 0) is 22.6 Å². The van der Waals surface area contributed by atoms with Crippen molar-refractivity contribution in [1.29, 1.82) is 0 Å². The molecule has 26 heavy (non-hydrogen) atoms. The first-order chi connectivity index (χ1) is 12.5. The van der Waals surface area contributed by atoms with E-state index in [1.54, 1.807) is 16.7 Å². The first-order valence-corrected chi connectivity index (χ1v) is 8.93. The minimum Gasteiger partial charge on any atom is -0.340 e. The van der Waals surface area contributed by atoms with Gasteiger partial charge in [0, 0.05) is 26.4 Å². The second kappa shape index (κ2) is 8.12. The van der Waals surface area contributed by atoms with Crippen LogP contribution in [0, 0.1) is 12.8 Å². The van der Waals surface area contributed by atoms with Crippen LogP contribution in [0.4, 0.5) is 0 Å². The van der Waals surface area contributed by atoms with Gasteiger partial charge in [-0.2, -0.15) is 4.98 Å². The van der Waals surface area contributed by atoms with Gasteiger partial charge >= 0.3 is 0 Å². The average molecular weight is 356 g/mol. The maximum Gasteiger partial charge on any atom is 0.242 e. The van der Waals surface area contributed by atoms with Crippen LogP contribution in [0.25, 0.3) is 0 Å². The van der Waals surface area contributed by atoms with Crippen molar-refractivity contribution in [3.8, 4) is 0 Å². The summed E-state index contributed by atoms with van der Waals surface area (Å²) < 4.78 is 4.95. The zero-order chi connectivity index (χ0) is 18.5. The van der Waals surface area contributed by atoms with Crippen LogP contribution in [0.5, 0.6) is 0 Å². The van der Waals surface area contributed by atoms with Crippen LogP contribution < -0.4 is 0 Å². The number of aromatic nitrogens is 2. The summed E-state index contributed by atoms with van der Waals surface area (Å²) in [4.78, 5) is 32.3. The summed E-state index contributed by atoms with van der Waals surface area (Å²) in [6.07, 6.45) is 1.36. The number of aryl methyl sites for hydroxylation is 1. The average Bonchev–Trinajstić information content (AvgIpc) is 3.19. The topological polar surface area (TPSA) is 79.5 Å². The van der Waals surface area contributed by atoms with Gasteiger partial charge < -0.3 is 14.3 Å². The molecule has 2 aromatic rings. The van der Waals surface area contributed by atoms with Crippen LogP contribution in [0.3, 0.4) is 0 Å². The Bertz CT molecular complexity index is 759. The molecule has 1 aromatic carbocycles. The van der Waals surface area contributed by atoms with E-state index in [4.69, 9.17) is 4.52 Å². The maximum atomic E-state index is 12.6. The molecule has 0 aliphatic carbocycles. The molecule has 1 unspecified atom stereocenters. The van der Waals surface area contributed by atoms with E-state index >= 15 is 0 Å². The van der Waals surface area contributed by atoms with Crippen molar-refractivity contribution in [2.24, 2.45) is 5.92 Å². The number of benzene rings is 1. The Labute approximate surface area is 153 Å². The number of likely N-dealkylation sites (tertiary alicyclic amines) is 1. The Kier molecular flexibility index (Phi) is 5.65. The van der Waals surface area contributed by atoms with Crippen LogP contribution >= 0.6 is 0 Å². The third kappa shape index (κ3) is 4.47. The normalized spacial score (nSPS) is 16.9. The molecular weight excluding hydrogens is 332 g/mol. The highest BCUT2D eigenvalue weighted by Gasteiger charge is 2.31. The van der Waals surface area contributed by atoms with E-state index in [1.165, 1.54) is 5.56 Å². The highest BCUT2D eigenvalue weighted by atomic mass is 16.5. The lowest BCUT2D eigenvalue weighted by Gasteiger charge is -2.23. The Morgan fingerprint density at radius 1 is 1.35 bits per heavy atom. The molecule has 3 rings (SSSR count). The quantitative estimate of drug-likeness (QED) is 0.756. The predicted octanol–water partition coefficient (Wildman–Crippen LogP) is 1.82. The van der Waals surface area contributed by atoms with Crippen LogP contribution in [0.2, 0.25) is 0 Å². The highest BCUT2D eigenvalue weighted by molar-refractivity contribution is 5.86. The van der Waals surface area contributed by atoms with Crippen LogP contribution in [0.15, 0.2) is 34.9 Å². The summed E-state index contributed by atoms with van der Waals surface area (Å²) in [5.41, 5.74) is 1.22. The maximum absolute atomic E-state index is 12.6. The molecule has 7 heteroatoms. The Morgan fingerprint density at radius 2 is 2.12 bits per heavy atom. The summed E-state index contributed by atoms with van der Waals surface area (Å²) >= 11 is 0. The molecule has 0 radical (unpaired) electrons. The van der Waals surface area contributed by atoms with Gasteiger partial charge in [-0.3, -0.25) is 9.59 Å². The van der Waals surface area contributed by atoms with Gasteiger partial charge in [-0.25, -0.2) is 0 Å². The molecule has 2 amide bonds. The lowest BCUT2D eigenvalue weighted by atomic mass is 9.99. The molecule has 1 saturated heterocycles. The van der Waals surface area contributed by atoms with Gasteiger partial charge in [0.2, 0.25) is 17.7 Å². The first kappa shape index (κ1) is 18.1. The van der Waals surface area contributed by atoms with Gasteiger partial charge in [0.15, 0.2) is 5.82 Å². The van der Waals surface area contributed by atoms with Crippen molar-refractivity contribution in [3.63, 3.8) is 0 Å². The lowest BCUT2D eigenvalue weighted by Crippen LogP contribution is -2.40. The van der Waals surface area contributed by atoms with E-state index in [-0.39, 0.29) is 24.3 Å². The summed E-state index contributed by atoms with van der Waals surface area (Å²) in [6.45, 7) is 5.16. The van der Waals surface area contributed by atoms with Gasteiger partial charge in [-0.1, -0.05) is 35.5 Å². The molecule has 1 aliphatic heterocycles. The molecule has 138 valence electrons. The summed E-state index contributed by atoms with van der Waals surface area (Å²) in [5, 5.41) is 3.83. The minimum atomic E-state index is -0.0938. The third-order valence-corrected chi connectivity index (χ3v) is 4.62. The number of amides is 2. The molecule has 0 bridgehead atoms. The number of hydrogen-bond acceptors (Lipinski definition) is 5. The second-order valence-electron chi connectivity index (χ2n) is 6.67. The summed E-state index contributed by atoms with van der Waals surface area (Å²) in [5.74, 6) is 1.16. The number of nitrogens with zero attached hydrogens (tertiary/aromatic N) is 4. The Morgan fingerprint density at radius 3 is 2.77 bits per heavy atom. The van der Waals surface area contributed by atoms with Crippen molar-refractivity contribution in [1.82, 2.24) is 19.9 Å². The monoisotopic (exact) mass is 356 g/mol. The van der Waals surface area contributed by atoms with Crippen molar-refractivity contribution >= 4 is 11.8 Å². The summed E-state index contributed by atoms with van der Waals surface area (Å²) in [6, 6.07) is 10.1. The molecule has 0 N–H and O–H groups in total. The SMILES string of the molecule is CCN(Cc1noc(C)n1)C(=O)CN1CC(Cc2ccccc2)CC1=O. The molecule has 0 spiro atoms. The molecule has 7 nitrogen and oxygen atoms in total. The molecule has 0 saturated carbocycles. The third-order valence-electron chi connectivity index (χ3n) is 4.62. The van der Waals surface area contributed by atoms with Crippen molar-refractivity contribution < 1.29 is 14.1 Å². The van der Waals surface area contributed by atoms with E-state index in [1.807, 2.05) is 25.1 Å². The fourth-order valence-corrected chi connectivity index (χ4v) is 3.31. The Hall–Kier alpha value is -2.70. The largest absolute Gasteiger partial charge is 0.340 e. The van der Waals surface area contributed by atoms with Gasteiger partial charge in [0.25, 0.3) is 0 Å². The fraction of sp³-hybridized carbons (Fsp3) is 0.474. The van der Waals surface area contributed by atoms with E-state index in [0.29, 0.717) is 37.8 Å². The van der Waals surface area contributed by atoms with Crippen LogP contribution in [0.1, 0.15) is 30.6 Å². The number of carbonyl (C=O) groups excluding carboxylic acids is 2. The lowest BCUT2D eigenvalue weighted by molar-refractivity contribution is -0.138. The molecule has 1 fully saturated rings. The second-order valence-corrected chi connectivity index (χ2v) is 6.67. The number of hydrogen-bond donors (Lipinski definition) is 0. The molecule has 2 heterocycles. The molecule has 1 aromatic heterocycles. The molecule has 1 atom stereocenters. The van der Waals surface area contributed by atoms with Crippen molar-refractivity contribution in [3.05, 3.63) is 47.6 Å². The highest BCUT2D eigenvalue weighted by Crippen LogP contribution is 2.22. The predicted molar refractivity (Wildman–Crippen MR) is 95.0 cm³/mol. The fourth-order valence-electron chi connectivity index (χ4n) is 3.31. The van der Waals surface area contributed by atoms with E-state index in [2.05, 4.69) is 22.3 Å². The van der Waals surface area contributed by atoms with Gasteiger partial charge in [0.1, 0.15) is 0 Å². The van der Waals surface area contributed by atoms with Gasteiger partial charge in [0.05, 0.1) is 13.1 Å². The standard InChI is InChI=1S/C19H24N4O3/c1-3-22(12-17-20-14(2)26-21-17)19(25)13-23-11-16(10-18(23)24)9-15-7-5-4-6-8-15/h4-8,16H,3,9-13H2,1-2H3. The first-order valence-electron chi connectivity index (χ1n) is 8.93. The smallest absolute Gasteiger partial charge is 0.242 e. The number of carbonyl (C=O) groups is 2. The van der Waals surface area contributed by atoms with Crippen LogP contribution in [-0.4, -0.2) is 51.4 Å². The molecular formula is C19H24N4O3. The van der Waals surface area contributed by atoms with Crippen molar-refractivity contribution in [2.75, 3.05) is 19.6 Å².